The van der Waals surface area contributed by atoms with Crippen LogP contribution in [0.2, 0.25) is 0 Å². The number of aromatic nitrogens is 1. The maximum atomic E-state index is 12.6. The standard InChI is InChI=1S/C7H7FN2O2/c1-4-2-5(12-7(9)11)3-10-6(4)8/h2-3H,1H3,(H2,9,11). The average molecular weight is 170 g/mol. The number of amides is 1. The molecule has 2 N–H and O–H groups in total. The number of ether oxygens (including phenoxy) is 1. The van der Waals surface area contributed by atoms with E-state index in [9.17, 15) is 9.18 Å². The Labute approximate surface area is 68.2 Å². The summed E-state index contributed by atoms with van der Waals surface area (Å²) in [5, 5.41) is 0. The predicted octanol–water partition coefficient (Wildman–Crippen LogP) is 0.987. The van der Waals surface area contributed by atoms with Gasteiger partial charge in [-0.25, -0.2) is 9.78 Å². The van der Waals surface area contributed by atoms with E-state index in [1.807, 2.05) is 0 Å². The highest BCUT2D eigenvalue weighted by atomic mass is 19.1. The number of nitrogens with zero attached hydrogens (tertiary/aromatic N) is 1. The molecule has 0 saturated heterocycles. The Bertz CT molecular complexity index is 314. The van der Waals surface area contributed by atoms with Crippen LogP contribution in [0, 0.1) is 12.9 Å². The summed E-state index contributed by atoms with van der Waals surface area (Å²) in [5.74, 6) is -0.451. The summed E-state index contributed by atoms with van der Waals surface area (Å²) in [5.41, 5.74) is 5.03. The molecule has 0 bridgehead atoms. The molecule has 0 aliphatic heterocycles. The second-order valence-electron chi connectivity index (χ2n) is 2.20. The molecule has 0 spiro atoms. The number of hydrogen-bond acceptors (Lipinski definition) is 3. The minimum atomic E-state index is -0.942. The summed E-state index contributed by atoms with van der Waals surface area (Å²) in [4.78, 5) is 13.6. The monoisotopic (exact) mass is 170 g/mol. The lowest BCUT2D eigenvalue weighted by Gasteiger charge is -2.00. The van der Waals surface area contributed by atoms with Gasteiger partial charge in [0.05, 0.1) is 6.20 Å². The third-order valence-electron chi connectivity index (χ3n) is 1.21. The van der Waals surface area contributed by atoms with E-state index in [1.165, 1.54) is 13.0 Å². The molecule has 0 aliphatic carbocycles. The summed E-state index contributed by atoms with van der Waals surface area (Å²) >= 11 is 0. The molecule has 5 heteroatoms. The van der Waals surface area contributed by atoms with E-state index in [2.05, 4.69) is 9.72 Å². The third kappa shape index (κ3) is 1.91. The van der Waals surface area contributed by atoms with Crippen LogP contribution in [0.15, 0.2) is 12.3 Å². The first-order valence-electron chi connectivity index (χ1n) is 3.19. The van der Waals surface area contributed by atoms with Crippen LogP contribution < -0.4 is 10.5 Å². The molecule has 1 aromatic rings. The topological polar surface area (TPSA) is 65.2 Å². The Morgan fingerprint density at radius 3 is 2.92 bits per heavy atom. The fourth-order valence-corrected chi connectivity index (χ4v) is 0.704. The van der Waals surface area contributed by atoms with Gasteiger partial charge in [0.2, 0.25) is 5.95 Å². The van der Waals surface area contributed by atoms with Gasteiger partial charge in [0.15, 0.2) is 5.75 Å². The molecule has 0 aromatic carbocycles. The Hall–Kier alpha value is -1.65. The fraction of sp³-hybridized carbons (Fsp3) is 0.143. The number of halogens is 1. The number of pyridine rings is 1. The zero-order valence-corrected chi connectivity index (χ0v) is 6.37. The molecule has 0 aliphatic rings. The van der Waals surface area contributed by atoms with E-state index in [0.717, 1.165) is 6.20 Å². The minimum absolute atomic E-state index is 0.140. The molecule has 4 nitrogen and oxygen atoms in total. The second-order valence-corrected chi connectivity index (χ2v) is 2.20. The van der Waals surface area contributed by atoms with E-state index < -0.39 is 12.0 Å². The van der Waals surface area contributed by atoms with Crippen molar-refractivity contribution >= 4 is 6.09 Å². The van der Waals surface area contributed by atoms with Crippen molar-refractivity contribution in [2.24, 2.45) is 5.73 Å². The Kier molecular flexibility index (Phi) is 2.23. The van der Waals surface area contributed by atoms with E-state index in [0.29, 0.717) is 5.56 Å². The first-order chi connectivity index (χ1) is 5.59. The Balaban J connectivity index is 2.89. The zero-order chi connectivity index (χ0) is 9.14. The molecule has 64 valence electrons. The number of rotatable bonds is 1. The van der Waals surface area contributed by atoms with Crippen molar-refractivity contribution in [2.75, 3.05) is 0 Å². The molecule has 0 unspecified atom stereocenters. The van der Waals surface area contributed by atoms with Crippen LogP contribution in [0.5, 0.6) is 5.75 Å². The highest BCUT2D eigenvalue weighted by molar-refractivity contribution is 5.67. The van der Waals surface area contributed by atoms with Gasteiger partial charge in [-0.2, -0.15) is 4.39 Å². The number of nitrogens with two attached hydrogens (primary N) is 1. The number of primary amides is 1. The molecular weight excluding hydrogens is 163 g/mol. The van der Waals surface area contributed by atoms with Gasteiger partial charge < -0.3 is 10.5 Å². The highest BCUT2D eigenvalue weighted by Crippen LogP contribution is 2.12. The van der Waals surface area contributed by atoms with Gasteiger partial charge in [-0.1, -0.05) is 0 Å². The second kappa shape index (κ2) is 3.17. The zero-order valence-electron chi connectivity index (χ0n) is 6.37. The number of hydrogen-bond donors (Lipinski definition) is 1. The first-order valence-corrected chi connectivity index (χ1v) is 3.19. The molecule has 1 rings (SSSR count). The molecule has 0 atom stereocenters. The summed E-state index contributed by atoms with van der Waals surface area (Å²) in [7, 11) is 0. The molecule has 12 heavy (non-hydrogen) atoms. The molecule has 1 aromatic heterocycles. The molecule has 1 amide bonds. The predicted molar refractivity (Wildman–Crippen MR) is 39.1 cm³/mol. The van der Waals surface area contributed by atoms with Crippen LogP contribution in [0.1, 0.15) is 5.56 Å². The van der Waals surface area contributed by atoms with Crippen LogP contribution in [0.25, 0.3) is 0 Å². The number of carbonyl (C=O) groups is 1. The van der Waals surface area contributed by atoms with Gasteiger partial charge in [0, 0.05) is 5.56 Å². The SMILES string of the molecule is Cc1cc(OC(N)=O)cnc1F. The average Bonchev–Trinajstić information content (AvgIpc) is 1.96. The fourth-order valence-electron chi connectivity index (χ4n) is 0.704. The summed E-state index contributed by atoms with van der Waals surface area (Å²) in [6.07, 6.45) is 0.149. The summed E-state index contributed by atoms with van der Waals surface area (Å²) in [6.45, 7) is 1.51. The van der Waals surface area contributed by atoms with Crippen LogP contribution in [0.3, 0.4) is 0 Å². The Morgan fingerprint density at radius 2 is 2.42 bits per heavy atom. The lowest BCUT2D eigenvalue weighted by Crippen LogP contribution is -2.16. The van der Waals surface area contributed by atoms with Crippen LogP contribution in [0.4, 0.5) is 9.18 Å². The molecule has 0 saturated carbocycles. The van der Waals surface area contributed by atoms with Crippen molar-refractivity contribution in [1.29, 1.82) is 0 Å². The largest absolute Gasteiger partial charge is 0.410 e. The molecule has 1 heterocycles. The highest BCUT2D eigenvalue weighted by Gasteiger charge is 2.02. The van der Waals surface area contributed by atoms with E-state index in [-0.39, 0.29) is 5.75 Å². The van der Waals surface area contributed by atoms with Crippen molar-refractivity contribution in [3.63, 3.8) is 0 Å². The van der Waals surface area contributed by atoms with Crippen molar-refractivity contribution in [2.45, 2.75) is 6.92 Å². The van der Waals surface area contributed by atoms with Crippen LogP contribution in [-0.4, -0.2) is 11.1 Å². The lowest BCUT2D eigenvalue weighted by atomic mass is 10.3. The minimum Gasteiger partial charge on any atom is -0.409 e. The van der Waals surface area contributed by atoms with Gasteiger partial charge in [0.1, 0.15) is 0 Å². The van der Waals surface area contributed by atoms with Gasteiger partial charge in [-0.05, 0) is 13.0 Å². The van der Waals surface area contributed by atoms with E-state index >= 15 is 0 Å². The first kappa shape index (κ1) is 8.45. The van der Waals surface area contributed by atoms with Gasteiger partial charge in [-0.15, -0.1) is 0 Å². The smallest absolute Gasteiger partial charge is 0.409 e. The summed E-state index contributed by atoms with van der Waals surface area (Å²) in [6, 6.07) is 1.34. The lowest BCUT2D eigenvalue weighted by molar-refractivity contribution is 0.210. The third-order valence-corrected chi connectivity index (χ3v) is 1.21. The molecule has 0 radical (unpaired) electrons. The quantitative estimate of drug-likeness (QED) is 0.639. The van der Waals surface area contributed by atoms with Crippen molar-refractivity contribution in [3.05, 3.63) is 23.8 Å². The van der Waals surface area contributed by atoms with Gasteiger partial charge >= 0.3 is 6.09 Å². The van der Waals surface area contributed by atoms with Crippen LogP contribution in [-0.2, 0) is 0 Å². The number of carbonyl (C=O) groups excluding carboxylic acids is 1. The molecular formula is C7H7FN2O2. The number of aryl methyl sites for hydroxylation is 1. The van der Waals surface area contributed by atoms with Crippen molar-refractivity contribution < 1.29 is 13.9 Å². The Morgan fingerprint density at radius 1 is 1.75 bits per heavy atom. The van der Waals surface area contributed by atoms with E-state index in [1.54, 1.807) is 0 Å². The maximum Gasteiger partial charge on any atom is 0.410 e. The summed E-state index contributed by atoms with van der Waals surface area (Å²) < 4.78 is 17.0. The van der Waals surface area contributed by atoms with Crippen molar-refractivity contribution in [3.8, 4) is 5.75 Å². The van der Waals surface area contributed by atoms with Gasteiger partial charge in [-0.3, -0.25) is 0 Å². The maximum absolute atomic E-state index is 12.6. The normalized spacial score (nSPS) is 9.50. The van der Waals surface area contributed by atoms with E-state index in [4.69, 9.17) is 5.73 Å². The van der Waals surface area contributed by atoms with Gasteiger partial charge in [0.25, 0.3) is 0 Å². The van der Waals surface area contributed by atoms with Crippen LogP contribution >= 0.6 is 0 Å². The van der Waals surface area contributed by atoms with Crippen molar-refractivity contribution in [1.82, 2.24) is 4.98 Å². The molecule has 0 fully saturated rings.